The fourth-order valence-corrected chi connectivity index (χ4v) is 2.86. The SMILES string of the molecule is CC(NC(N)=NCc1ncnn1C(C)(C)C)c1ccc(Cl)cc1Cl. The zero-order valence-corrected chi connectivity index (χ0v) is 15.7. The molecule has 0 bridgehead atoms. The van der Waals surface area contributed by atoms with Gasteiger partial charge in [0.05, 0.1) is 11.6 Å². The van der Waals surface area contributed by atoms with Gasteiger partial charge >= 0.3 is 0 Å². The highest BCUT2D eigenvalue weighted by molar-refractivity contribution is 6.35. The molecule has 24 heavy (non-hydrogen) atoms. The lowest BCUT2D eigenvalue weighted by molar-refractivity contribution is 0.341. The monoisotopic (exact) mass is 368 g/mol. The van der Waals surface area contributed by atoms with Crippen molar-refractivity contribution in [3.8, 4) is 0 Å². The van der Waals surface area contributed by atoms with Gasteiger partial charge in [-0.15, -0.1) is 0 Å². The maximum absolute atomic E-state index is 6.21. The Morgan fingerprint density at radius 2 is 2.08 bits per heavy atom. The Bertz CT molecular complexity index is 732. The topological polar surface area (TPSA) is 81.1 Å². The second-order valence-electron chi connectivity index (χ2n) is 6.49. The molecule has 0 spiro atoms. The third-order valence-corrected chi connectivity index (χ3v) is 4.00. The van der Waals surface area contributed by atoms with Gasteiger partial charge in [0.25, 0.3) is 0 Å². The molecule has 0 fully saturated rings. The summed E-state index contributed by atoms with van der Waals surface area (Å²) >= 11 is 12.1. The van der Waals surface area contributed by atoms with Crippen LogP contribution < -0.4 is 11.1 Å². The van der Waals surface area contributed by atoms with E-state index in [9.17, 15) is 0 Å². The summed E-state index contributed by atoms with van der Waals surface area (Å²) in [5.74, 6) is 1.07. The lowest BCUT2D eigenvalue weighted by Crippen LogP contribution is -2.34. The van der Waals surface area contributed by atoms with Crippen LogP contribution in [0.1, 0.15) is 45.1 Å². The van der Waals surface area contributed by atoms with E-state index in [1.54, 1.807) is 12.1 Å². The number of halogens is 2. The molecule has 1 heterocycles. The van der Waals surface area contributed by atoms with Gasteiger partial charge < -0.3 is 11.1 Å². The first-order valence-corrected chi connectivity index (χ1v) is 8.35. The van der Waals surface area contributed by atoms with Crippen LogP contribution in [0.15, 0.2) is 29.5 Å². The van der Waals surface area contributed by atoms with Gasteiger partial charge in [-0.1, -0.05) is 29.3 Å². The van der Waals surface area contributed by atoms with Crippen LogP contribution >= 0.6 is 23.2 Å². The minimum absolute atomic E-state index is 0.0981. The zero-order valence-electron chi connectivity index (χ0n) is 14.2. The van der Waals surface area contributed by atoms with Crippen LogP contribution in [0.25, 0.3) is 0 Å². The quantitative estimate of drug-likeness (QED) is 0.638. The molecular weight excluding hydrogens is 347 g/mol. The smallest absolute Gasteiger partial charge is 0.189 e. The molecule has 6 nitrogen and oxygen atoms in total. The Kier molecular flexibility index (Phi) is 5.72. The Balaban J connectivity index is 2.05. The van der Waals surface area contributed by atoms with E-state index in [2.05, 4.69) is 41.2 Å². The fourth-order valence-electron chi connectivity index (χ4n) is 2.29. The van der Waals surface area contributed by atoms with E-state index in [4.69, 9.17) is 28.9 Å². The Morgan fingerprint density at radius 1 is 1.38 bits per heavy atom. The summed E-state index contributed by atoms with van der Waals surface area (Å²) in [7, 11) is 0. The molecule has 0 saturated heterocycles. The summed E-state index contributed by atoms with van der Waals surface area (Å²) in [6.45, 7) is 8.47. The predicted octanol–water partition coefficient (Wildman–Crippen LogP) is 3.51. The molecular formula is C16H22Cl2N6. The number of benzene rings is 1. The Labute approximate surface area is 152 Å². The van der Waals surface area contributed by atoms with E-state index >= 15 is 0 Å². The molecule has 0 saturated carbocycles. The normalized spacial score (nSPS) is 13.8. The maximum Gasteiger partial charge on any atom is 0.189 e. The summed E-state index contributed by atoms with van der Waals surface area (Å²) in [6.07, 6.45) is 1.52. The molecule has 1 atom stereocenters. The molecule has 130 valence electrons. The van der Waals surface area contributed by atoms with Gasteiger partial charge in [0, 0.05) is 10.0 Å². The van der Waals surface area contributed by atoms with Gasteiger partial charge in [-0.25, -0.2) is 14.7 Å². The van der Waals surface area contributed by atoms with Crippen molar-refractivity contribution >= 4 is 29.2 Å². The Morgan fingerprint density at radius 3 is 2.71 bits per heavy atom. The van der Waals surface area contributed by atoms with Gasteiger partial charge in [0.15, 0.2) is 5.96 Å². The van der Waals surface area contributed by atoms with E-state index in [0.717, 1.165) is 11.4 Å². The van der Waals surface area contributed by atoms with Crippen molar-refractivity contribution in [2.24, 2.45) is 10.7 Å². The van der Waals surface area contributed by atoms with Gasteiger partial charge in [-0.2, -0.15) is 5.10 Å². The molecule has 0 aliphatic carbocycles. The van der Waals surface area contributed by atoms with Crippen LogP contribution in [0.3, 0.4) is 0 Å². The second-order valence-corrected chi connectivity index (χ2v) is 7.34. The van der Waals surface area contributed by atoms with Crippen LogP contribution in [0, 0.1) is 0 Å². The number of hydrogen-bond acceptors (Lipinski definition) is 3. The van der Waals surface area contributed by atoms with Crippen LogP contribution in [0.4, 0.5) is 0 Å². The van der Waals surface area contributed by atoms with Crippen molar-refractivity contribution in [2.75, 3.05) is 0 Å². The number of aromatic nitrogens is 3. The first kappa shape index (κ1) is 18.5. The minimum atomic E-state index is -0.159. The number of nitrogens with one attached hydrogen (secondary N) is 1. The van der Waals surface area contributed by atoms with Crippen LogP contribution in [-0.2, 0) is 12.1 Å². The van der Waals surface area contributed by atoms with Gasteiger partial charge in [-0.05, 0) is 45.4 Å². The highest BCUT2D eigenvalue weighted by Gasteiger charge is 2.18. The van der Waals surface area contributed by atoms with Gasteiger partial charge in [0.1, 0.15) is 18.7 Å². The maximum atomic E-state index is 6.21. The first-order chi connectivity index (χ1) is 11.2. The van der Waals surface area contributed by atoms with E-state index in [1.807, 2.05) is 17.7 Å². The molecule has 2 aromatic rings. The number of nitrogens with zero attached hydrogens (tertiary/aromatic N) is 4. The van der Waals surface area contributed by atoms with Crippen molar-refractivity contribution in [1.82, 2.24) is 20.1 Å². The molecule has 0 radical (unpaired) electrons. The van der Waals surface area contributed by atoms with Crippen LogP contribution in [0.5, 0.6) is 0 Å². The fraction of sp³-hybridized carbons (Fsp3) is 0.438. The molecule has 0 aliphatic heterocycles. The van der Waals surface area contributed by atoms with Crippen molar-refractivity contribution in [3.63, 3.8) is 0 Å². The number of nitrogens with two attached hydrogens (primary N) is 1. The molecule has 2 rings (SSSR count). The number of guanidine groups is 1. The number of aliphatic imine (C=N–C) groups is 1. The molecule has 0 amide bonds. The molecule has 1 aromatic heterocycles. The predicted molar refractivity (Wildman–Crippen MR) is 98.4 cm³/mol. The molecule has 0 aliphatic rings. The standard InChI is InChI=1S/C16H22Cl2N6/c1-10(12-6-5-11(17)7-13(12)18)23-15(19)20-8-14-21-9-22-24(14)16(2,3)4/h5-7,9-10H,8H2,1-4H3,(H3,19,20,23). The highest BCUT2D eigenvalue weighted by atomic mass is 35.5. The number of rotatable bonds is 4. The average molecular weight is 369 g/mol. The molecule has 3 N–H and O–H groups in total. The summed E-state index contributed by atoms with van der Waals surface area (Å²) in [5.41, 5.74) is 6.72. The van der Waals surface area contributed by atoms with Crippen molar-refractivity contribution in [1.29, 1.82) is 0 Å². The summed E-state index contributed by atoms with van der Waals surface area (Å²) in [4.78, 5) is 8.59. The van der Waals surface area contributed by atoms with Crippen LogP contribution in [0.2, 0.25) is 10.0 Å². The summed E-state index contributed by atoms with van der Waals surface area (Å²) in [5, 5.41) is 8.54. The van der Waals surface area contributed by atoms with E-state index < -0.39 is 0 Å². The third kappa shape index (κ3) is 4.61. The van der Waals surface area contributed by atoms with Gasteiger partial charge in [-0.3, -0.25) is 0 Å². The van der Waals surface area contributed by atoms with E-state index in [-0.39, 0.29) is 11.6 Å². The summed E-state index contributed by atoms with van der Waals surface area (Å²) < 4.78 is 1.84. The second kappa shape index (κ2) is 7.40. The molecule has 1 unspecified atom stereocenters. The molecule has 8 heteroatoms. The average Bonchev–Trinajstić information content (AvgIpc) is 2.93. The van der Waals surface area contributed by atoms with Crippen LogP contribution in [-0.4, -0.2) is 20.7 Å². The Hall–Kier alpha value is -1.79. The summed E-state index contributed by atoms with van der Waals surface area (Å²) in [6, 6.07) is 5.26. The highest BCUT2D eigenvalue weighted by Crippen LogP contribution is 2.25. The minimum Gasteiger partial charge on any atom is -0.370 e. The zero-order chi connectivity index (χ0) is 17.9. The first-order valence-electron chi connectivity index (χ1n) is 7.59. The number of hydrogen-bond donors (Lipinski definition) is 2. The van der Waals surface area contributed by atoms with Gasteiger partial charge in [0.2, 0.25) is 0 Å². The van der Waals surface area contributed by atoms with Crippen molar-refractivity contribution in [2.45, 2.75) is 45.8 Å². The van der Waals surface area contributed by atoms with E-state index in [0.29, 0.717) is 22.5 Å². The van der Waals surface area contributed by atoms with E-state index in [1.165, 1.54) is 6.33 Å². The largest absolute Gasteiger partial charge is 0.370 e. The molecule has 1 aromatic carbocycles. The lowest BCUT2D eigenvalue weighted by atomic mass is 10.1. The van der Waals surface area contributed by atoms with Crippen molar-refractivity contribution < 1.29 is 0 Å². The van der Waals surface area contributed by atoms with Crippen molar-refractivity contribution in [3.05, 3.63) is 46.0 Å². The lowest BCUT2D eigenvalue weighted by Gasteiger charge is -2.21. The third-order valence-electron chi connectivity index (χ3n) is 3.44.